The van der Waals surface area contributed by atoms with Crippen molar-refractivity contribution in [2.45, 2.75) is 25.0 Å². The molecule has 0 aromatic heterocycles. The highest BCUT2D eigenvalue weighted by atomic mass is 16.5. The molecule has 0 saturated heterocycles. The molecule has 35 heavy (non-hydrogen) atoms. The van der Waals surface area contributed by atoms with Crippen LogP contribution in [0.25, 0.3) is 0 Å². The highest BCUT2D eigenvalue weighted by Gasteiger charge is 2.27. The lowest BCUT2D eigenvalue weighted by Crippen LogP contribution is -2.44. The summed E-state index contributed by atoms with van der Waals surface area (Å²) in [5, 5.41) is 12.6. The molecule has 0 aliphatic rings. The second kappa shape index (κ2) is 11.7. The Balaban J connectivity index is 1.44. The summed E-state index contributed by atoms with van der Waals surface area (Å²) in [5.74, 6) is -1.34. The van der Waals surface area contributed by atoms with Gasteiger partial charge in [0.2, 0.25) is 5.91 Å². The molecule has 0 aliphatic carbocycles. The molecule has 0 bridgehead atoms. The Morgan fingerprint density at radius 3 is 1.71 bits per heavy atom. The van der Waals surface area contributed by atoms with E-state index in [4.69, 9.17) is 4.74 Å². The van der Waals surface area contributed by atoms with E-state index in [1.165, 1.54) is 0 Å². The van der Waals surface area contributed by atoms with Gasteiger partial charge in [-0.1, -0.05) is 103 Å². The molecule has 176 valence electrons. The molecular formula is C30H27NO4. The largest absolute Gasteiger partial charge is 0.489 e. The monoisotopic (exact) mass is 465 g/mol. The second-order valence-electron chi connectivity index (χ2n) is 8.28. The third kappa shape index (κ3) is 6.58. The minimum atomic E-state index is -1.08. The summed E-state index contributed by atoms with van der Waals surface area (Å²) >= 11 is 0. The molecule has 4 rings (SSSR count). The van der Waals surface area contributed by atoms with E-state index in [0.717, 1.165) is 22.3 Å². The van der Waals surface area contributed by atoms with E-state index in [2.05, 4.69) is 5.32 Å². The maximum Gasteiger partial charge on any atom is 0.326 e. The summed E-state index contributed by atoms with van der Waals surface area (Å²) in [6.07, 6.45) is 0.163. The first-order chi connectivity index (χ1) is 17.1. The number of rotatable bonds is 10. The maximum absolute atomic E-state index is 13.3. The fourth-order valence-corrected chi connectivity index (χ4v) is 3.94. The first-order valence-electron chi connectivity index (χ1n) is 11.5. The summed E-state index contributed by atoms with van der Waals surface area (Å²) < 4.78 is 5.81. The second-order valence-corrected chi connectivity index (χ2v) is 8.28. The number of amides is 1. The van der Waals surface area contributed by atoms with Gasteiger partial charge in [-0.15, -0.1) is 0 Å². The molecule has 0 radical (unpaired) electrons. The lowest BCUT2D eigenvalue weighted by molar-refractivity contribution is -0.141. The van der Waals surface area contributed by atoms with E-state index in [0.29, 0.717) is 12.4 Å². The molecular weight excluding hydrogens is 438 g/mol. The Morgan fingerprint density at radius 2 is 1.20 bits per heavy atom. The molecule has 0 heterocycles. The molecule has 0 fully saturated rings. The van der Waals surface area contributed by atoms with Crippen LogP contribution in [-0.2, 0) is 22.6 Å². The average molecular weight is 466 g/mol. The zero-order valence-electron chi connectivity index (χ0n) is 19.2. The summed E-state index contributed by atoms with van der Waals surface area (Å²) in [7, 11) is 0. The van der Waals surface area contributed by atoms with E-state index in [1.54, 1.807) is 0 Å². The molecule has 4 aromatic rings. The predicted molar refractivity (Wildman–Crippen MR) is 135 cm³/mol. The summed E-state index contributed by atoms with van der Waals surface area (Å²) in [4.78, 5) is 25.4. The number of hydrogen-bond donors (Lipinski definition) is 2. The number of benzene rings is 4. The van der Waals surface area contributed by atoms with E-state index in [1.807, 2.05) is 115 Å². The number of ether oxygens (including phenoxy) is 1. The number of carboxylic acids is 1. The Labute approximate surface area is 205 Å². The highest BCUT2D eigenvalue weighted by molar-refractivity contribution is 5.90. The van der Waals surface area contributed by atoms with Crippen LogP contribution in [0.5, 0.6) is 5.75 Å². The van der Waals surface area contributed by atoms with Gasteiger partial charge in [0.25, 0.3) is 0 Å². The van der Waals surface area contributed by atoms with Crippen molar-refractivity contribution in [3.05, 3.63) is 138 Å². The normalized spacial score (nSPS) is 11.6. The minimum absolute atomic E-state index is 0.163. The SMILES string of the molecule is O=C(N[C@H](Cc1ccc(OCc2ccccc2)cc1)C(=O)O)C(c1ccccc1)c1ccccc1. The molecule has 2 N–H and O–H groups in total. The van der Waals surface area contributed by atoms with Gasteiger partial charge in [0.05, 0.1) is 5.92 Å². The zero-order valence-corrected chi connectivity index (χ0v) is 19.2. The summed E-state index contributed by atoms with van der Waals surface area (Å²) in [6.45, 7) is 0.453. The lowest BCUT2D eigenvalue weighted by Gasteiger charge is -2.21. The topological polar surface area (TPSA) is 75.6 Å². The van der Waals surface area contributed by atoms with Crippen LogP contribution in [-0.4, -0.2) is 23.0 Å². The smallest absolute Gasteiger partial charge is 0.326 e. The molecule has 0 spiro atoms. The third-order valence-corrected chi connectivity index (χ3v) is 5.75. The first-order valence-corrected chi connectivity index (χ1v) is 11.5. The fourth-order valence-electron chi connectivity index (χ4n) is 3.94. The van der Waals surface area contributed by atoms with Crippen molar-refractivity contribution >= 4 is 11.9 Å². The van der Waals surface area contributed by atoms with Crippen LogP contribution < -0.4 is 10.1 Å². The van der Waals surface area contributed by atoms with Crippen LogP contribution in [0.3, 0.4) is 0 Å². The molecule has 5 heteroatoms. The van der Waals surface area contributed by atoms with Crippen LogP contribution in [0.1, 0.15) is 28.2 Å². The minimum Gasteiger partial charge on any atom is -0.489 e. The number of hydrogen-bond acceptors (Lipinski definition) is 3. The summed E-state index contributed by atoms with van der Waals surface area (Å²) in [6, 6.07) is 34.8. The van der Waals surface area contributed by atoms with Crippen molar-refractivity contribution in [3.8, 4) is 5.75 Å². The number of aliphatic carboxylic acids is 1. The Kier molecular flexibility index (Phi) is 7.92. The van der Waals surface area contributed by atoms with Gasteiger partial charge in [-0.3, -0.25) is 4.79 Å². The van der Waals surface area contributed by atoms with Gasteiger partial charge in [0, 0.05) is 6.42 Å². The molecule has 0 saturated carbocycles. The standard InChI is InChI=1S/C30H27NO4/c32-29(28(24-12-6-2-7-13-24)25-14-8-3-9-15-25)31-27(30(33)34)20-22-16-18-26(19-17-22)35-21-23-10-4-1-5-11-23/h1-19,27-28H,20-21H2,(H,31,32)(H,33,34)/t27-/m1/s1. The van der Waals surface area contributed by atoms with Crippen LogP contribution in [0.2, 0.25) is 0 Å². The van der Waals surface area contributed by atoms with Crippen molar-refractivity contribution in [2.75, 3.05) is 0 Å². The van der Waals surface area contributed by atoms with E-state index < -0.39 is 17.9 Å². The Bertz CT molecular complexity index is 1190. The fraction of sp³-hybridized carbons (Fsp3) is 0.133. The number of carboxylic acid groups (broad SMARTS) is 1. The van der Waals surface area contributed by atoms with Gasteiger partial charge < -0.3 is 15.2 Å². The van der Waals surface area contributed by atoms with Crippen molar-refractivity contribution in [1.29, 1.82) is 0 Å². The number of carbonyl (C=O) groups is 2. The van der Waals surface area contributed by atoms with Gasteiger partial charge in [-0.2, -0.15) is 0 Å². The van der Waals surface area contributed by atoms with Crippen molar-refractivity contribution in [2.24, 2.45) is 0 Å². The molecule has 5 nitrogen and oxygen atoms in total. The van der Waals surface area contributed by atoms with Crippen LogP contribution in [0.15, 0.2) is 115 Å². The Hall–Kier alpha value is -4.38. The van der Waals surface area contributed by atoms with Gasteiger partial charge in [0.15, 0.2) is 0 Å². The molecule has 1 atom stereocenters. The van der Waals surface area contributed by atoms with E-state index >= 15 is 0 Å². The van der Waals surface area contributed by atoms with Crippen molar-refractivity contribution < 1.29 is 19.4 Å². The van der Waals surface area contributed by atoms with Gasteiger partial charge in [0.1, 0.15) is 18.4 Å². The average Bonchev–Trinajstić information content (AvgIpc) is 2.90. The van der Waals surface area contributed by atoms with E-state index in [-0.39, 0.29) is 12.3 Å². The first kappa shape index (κ1) is 23.8. The number of nitrogens with one attached hydrogen (secondary N) is 1. The molecule has 1 amide bonds. The van der Waals surface area contributed by atoms with Crippen molar-refractivity contribution in [1.82, 2.24) is 5.32 Å². The third-order valence-electron chi connectivity index (χ3n) is 5.75. The van der Waals surface area contributed by atoms with Gasteiger partial charge in [-0.05, 0) is 34.4 Å². The lowest BCUT2D eigenvalue weighted by atomic mass is 9.90. The molecule has 0 aliphatic heterocycles. The van der Waals surface area contributed by atoms with Crippen LogP contribution in [0.4, 0.5) is 0 Å². The van der Waals surface area contributed by atoms with Crippen LogP contribution in [0, 0.1) is 0 Å². The van der Waals surface area contributed by atoms with Gasteiger partial charge >= 0.3 is 5.97 Å². The molecule has 0 unspecified atom stereocenters. The van der Waals surface area contributed by atoms with Gasteiger partial charge in [-0.25, -0.2) is 4.79 Å². The van der Waals surface area contributed by atoms with Crippen molar-refractivity contribution in [3.63, 3.8) is 0 Å². The summed E-state index contributed by atoms with van der Waals surface area (Å²) in [5.41, 5.74) is 3.47. The quantitative estimate of drug-likeness (QED) is 0.337. The zero-order chi connectivity index (χ0) is 24.5. The van der Waals surface area contributed by atoms with E-state index in [9.17, 15) is 14.7 Å². The maximum atomic E-state index is 13.3. The number of carbonyl (C=O) groups excluding carboxylic acids is 1. The van der Waals surface area contributed by atoms with Crippen LogP contribution >= 0.6 is 0 Å². The Morgan fingerprint density at radius 1 is 0.686 bits per heavy atom. The molecule has 4 aromatic carbocycles. The highest BCUT2D eigenvalue weighted by Crippen LogP contribution is 2.25. The predicted octanol–water partition coefficient (Wildman–Crippen LogP) is 5.21.